The Kier molecular flexibility index (Phi) is 7.56. The third kappa shape index (κ3) is 6.19. The van der Waals surface area contributed by atoms with Crippen molar-refractivity contribution in [3.63, 3.8) is 0 Å². The molecule has 146 valence electrons. The van der Waals surface area contributed by atoms with Gasteiger partial charge in [0, 0.05) is 32.1 Å². The summed E-state index contributed by atoms with van der Waals surface area (Å²) in [5.74, 6) is -0.0461. The van der Waals surface area contributed by atoms with E-state index in [0.717, 1.165) is 11.1 Å². The molecule has 0 fully saturated rings. The minimum Gasteiger partial charge on any atom is -0.339 e. The maximum atomic E-state index is 12.7. The minimum atomic E-state index is -3.44. The number of rotatable bonds is 9. The quantitative estimate of drug-likeness (QED) is 0.661. The van der Waals surface area contributed by atoms with Gasteiger partial charge in [-0.1, -0.05) is 60.7 Å². The van der Waals surface area contributed by atoms with E-state index >= 15 is 0 Å². The van der Waals surface area contributed by atoms with Gasteiger partial charge in [-0.25, -0.2) is 8.42 Å². The number of hydrogen-bond donors (Lipinski definition) is 0. The van der Waals surface area contributed by atoms with Crippen molar-refractivity contribution in [1.29, 1.82) is 0 Å². The average Bonchev–Trinajstić information content (AvgIpc) is 2.66. The second-order valence-corrected chi connectivity index (χ2v) is 8.54. The van der Waals surface area contributed by atoms with E-state index in [4.69, 9.17) is 0 Å². The molecule has 2 aromatic rings. The van der Waals surface area contributed by atoms with Gasteiger partial charge < -0.3 is 4.90 Å². The molecule has 0 spiro atoms. The molecule has 0 aromatic heterocycles. The third-order valence-electron chi connectivity index (χ3n) is 4.64. The molecule has 27 heavy (non-hydrogen) atoms. The summed E-state index contributed by atoms with van der Waals surface area (Å²) in [6.45, 7) is 5.06. The molecule has 1 atom stereocenters. The number of benzene rings is 2. The Morgan fingerprint density at radius 3 is 2.07 bits per heavy atom. The summed E-state index contributed by atoms with van der Waals surface area (Å²) in [5, 5.41) is 0. The van der Waals surface area contributed by atoms with Gasteiger partial charge in [0.05, 0.1) is 6.26 Å². The first-order valence-electron chi connectivity index (χ1n) is 9.16. The van der Waals surface area contributed by atoms with Crippen LogP contribution in [-0.4, -0.2) is 42.9 Å². The molecule has 0 aliphatic heterocycles. The second-order valence-electron chi connectivity index (χ2n) is 6.60. The van der Waals surface area contributed by atoms with E-state index in [9.17, 15) is 13.2 Å². The second kappa shape index (κ2) is 9.67. The zero-order valence-electron chi connectivity index (χ0n) is 16.2. The first-order chi connectivity index (χ1) is 12.8. The molecule has 0 N–H and O–H groups in total. The lowest BCUT2D eigenvalue weighted by atomic mass is 10.1. The molecule has 2 rings (SSSR count). The first kappa shape index (κ1) is 21.1. The number of amides is 1. The molecule has 0 bridgehead atoms. The van der Waals surface area contributed by atoms with Crippen LogP contribution < -0.4 is 0 Å². The van der Waals surface area contributed by atoms with Crippen LogP contribution in [0.5, 0.6) is 0 Å². The lowest BCUT2D eigenvalue weighted by molar-refractivity contribution is -0.131. The Labute approximate surface area is 162 Å². The number of carbonyl (C=O) groups excluding carboxylic acids is 1. The van der Waals surface area contributed by atoms with Gasteiger partial charge in [-0.15, -0.1) is 0 Å². The van der Waals surface area contributed by atoms with Crippen LogP contribution >= 0.6 is 0 Å². The standard InChI is InChI=1S/C21H28N2O3S/c1-4-22(17-19-11-7-5-8-12-19)21(24)15-16-23(27(3,25)26)18(2)20-13-9-6-10-14-20/h5-14,18H,4,15-17H2,1-3H3. The van der Waals surface area contributed by atoms with Crippen molar-refractivity contribution in [2.24, 2.45) is 0 Å². The molecule has 2 aromatic carbocycles. The van der Waals surface area contributed by atoms with Crippen molar-refractivity contribution in [2.45, 2.75) is 32.9 Å². The van der Waals surface area contributed by atoms with E-state index in [0.29, 0.717) is 13.1 Å². The Morgan fingerprint density at radius 2 is 1.56 bits per heavy atom. The first-order valence-corrected chi connectivity index (χ1v) is 11.0. The Balaban J connectivity index is 2.06. The van der Waals surface area contributed by atoms with Gasteiger partial charge in [-0.3, -0.25) is 4.79 Å². The minimum absolute atomic E-state index is 0.0461. The van der Waals surface area contributed by atoms with Gasteiger partial charge in [-0.2, -0.15) is 4.31 Å². The molecular formula is C21H28N2O3S. The lowest BCUT2D eigenvalue weighted by Crippen LogP contribution is -2.37. The van der Waals surface area contributed by atoms with Crippen molar-refractivity contribution in [3.05, 3.63) is 71.8 Å². The van der Waals surface area contributed by atoms with Crippen LogP contribution in [0, 0.1) is 0 Å². The van der Waals surface area contributed by atoms with E-state index < -0.39 is 10.0 Å². The van der Waals surface area contributed by atoms with Crippen LogP contribution in [-0.2, 0) is 21.4 Å². The maximum absolute atomic E-state index is 12.7. The van der Waals surface area contributed by atoms with Gasteiger partial charge >= 0.3 is 0 Å². The topological polar surface area (TPSA) is 57.7 Å². The Morgan fingerprint density at radius 1 is 1.00 bits per heavy atom. The molecule has 6 heteroatoms. The molecule has 0 heterocycles. The SMILES string of the molecule is CCN(Cc1ccccc1)C(=O)CCN(C(C)c1ccccc1)S(C)(=O)=O. The zero-order valence-corrected chi connectivity index (χ0v) is 17.0. The van der Waals surface area contributed by atoms with Crippen LogP contribution in [0.15, 0.2) is 60.7 Å². The summed E-state index contributed by atoms with van der Waals surface area (Å²) in [7, 11) is -3.44. The fourth-order valence-corrected chi connectivity index (χ4v) is 4.21. The summed E-state index contributed by atoms with van der Waals surface area (Å²) in [6.07, 6.45) is 1.35. The molecule has 1 amide bonds. The predicted molar refractivity (Wildman–Crippen MR) is 109 cm³/mol. The van der Waals surface area contributed by atoms with Crippen LogP contribution in [0.2, 0.25) is 0 Å². The van der Waals surface area contributed by atoms with Gasteiger partial charge in [0.1, 0.15) is 0 Å². The van der Waals surface area contributed by atoms with E-state index in [1.54, 1.807) is 4.90 Å². The molecule has 0 saturated heterocycles. The lowest BCUT2D eigenvalue weighted by Gasteiger charge is -2.28. The van der Waals surface area contributed by atoms with Crippen molar-refractivity contribution < 1.29 is 13.2 Å². The van der Waals surface area contributed by atoms with Gasteiger partial charge in [-0.05, 0) is 25.0 Å². The number of carbonyl (C=O) groups is 1. The highest BCUT2D eigenvalue weighted by Gasteiger charge is 2.26. The highest BCUT2D eigenvalue weighted by Crippen LogP contribution is 2.23. The number of sulfonamides is 1. The summed E-state index contributed by atoms with van der Waals surface area (Å²) >= 11 is 0. The van der Waals surface area contributed by atoms with Crippen molar-refractivity contribution in [3.8, 4) is 0 Å². The molecule has 1 unspecified atom stereocenters. The fourth-order valence-electron chi connectivity index (χ4n) is 3.09. The van der Waals surface area contributed by atoms with Crippen LogP contribution in [0.1, 0.15) is 37.4 Å². The molecule has 5 nitrogen and oxygen atoms in total. The summed E-state index contributed by atoms with van der Waals surface area (Å²) in [5.41, 5.74) is 1.97. The average molecular weight is 389 g/mol. The van der Waals surface area contributed by atoms with Gasteiger partial charge in [0.2, 0.25) is 15.9 Å². The highest BCUT2D eigenvalue weighted by molar-refractivity contribution is 7.88. The van der Waals surface area contributed by atoms with Crippen molar-refractivity contribution in [1.82, 2.24) is 9.21 Å². The van der Waals surface area contributed by atoms with E-state index in [1.165, 1.54) is 10.6 Å². The Bertz CT molecular complexity index is 823. The van der Waals surface area contributed by atoms with E-state index in [2.05, 4.69) is 0 Å². The molecule has 0 aliphatic rings. The van der Waals surface area contributed by atoms with Crippen molar-refractivity contribution >= 4 is 15.9 Å². The summed E-state index contributed by atoms with van der Waals surface area (Å²) < 4.78 is 26.0. The highest BCUT2D eigenvalue weighted by atomic mass is 32.2. The van der Waals surface area contributed by atoms with Gasteiger partial charge in [0.15, 0.2) is 0 Å². The monoisotopic (exact) mass is 388 g/mol. The third-order valence-corrected chi connectivity index (χ3v) is 5.99. The molecular weight excluding hydrogens is 360 g/mol. The zero-order chi connectivity index (χ0) is 19.9. The molecule has 0 radical (unpaired) electrons. The fraction of sp³-hybridized carbons (Fsp3) is 0.381. The smallest absolute Gasteiger partial charge is 0.224 e. The van der Waals surface area contributed by atoms with E-state index in [1.807, 2.05) is 74.5 Å². The Hall–Kier alpha value is -2.18. The maximum Gasteiger partial charge on any atom is 0.224 e. The molecule has 0 aliphatic carbocycles. The number of hydrogen-bond acceptors (Lipinski definition) is 3. The van der Waals surface area contributed by atoms with Crippen LogP contribution in [0.4, 0.5) is 0 Å². The summed E-state index contributed by atoms with van der Waals surface area (Å²) in [4.78, 5) is 14.4. The van der Waals surface area contributed by atoms with Crippen LogP contribution in [0.3, 0.4) is 0 Å². The predicted octanol–water partition coefficient (Wildman–Crippen LogP) is 3.45. The normalized spacial score (nSPS) is 12.7. The van der Waals surface area contributed by atoms with Crippen LogP contribution in [0.25, 0.3) is 0 Å². The number of nitrogens with zero attached hydrogens (tertiary/aromatic N) is 2. The molecule has 0 saturated carbocycles. The largest absolute Gasteiger partial charge is 0.339 e. The summed E-state index contributed by atoms with van der Waals surface area (Å²) in [6, 6.07) is 18.9. The van der Waals surface area contributed by atoms with Crippen molar-refractivity contribution in [2.75, 3.05) is 19.3 Å². The van der Waals surface area contributed by atoms with E-state index in [-0.39, 0.29) is 24.9 Å². The van der Waals surface area contributed by atoms with Gasteiger partial charge in [0.25, 0.3) is 0 Å².